The van der Waals surface area contributed by atoms with Crippen LogP contribution < -0.4 is 15.6 Å². The van der Waals surface area contributed by atoms with E-state index in [2.05, 4.69) is 20.3 Å². The van der Waals surface area contributed by atoms with Crippen LogP contribution in [-0.2, 0) is 17.9 Å². The standard InChI is InChI=1S/C41H48ClFN8O5/c1-48(2)16-4-20-56-30-9-11-32-35(22-30)45-26-50(40(32)54)25-41(55)13-18-49(19-14-41)39(53)29(24-51-17-12-37(43)47-51)5-3-15-44-38(52)28-8-10-31-33(42)23-34(27-6-7-27)46-36(31)21-28/h8-12,17,21-23,26-27,29,55H,3-7,13-16,18-20,24-25H2,1-2H3,(H,44,52). The van der Waals surface area contributed by atoms with E-state index >= 15 is 0 Å². The summed E-state index contributed by atoms with van der Waals surface area (Å²) in [5, 5.41) is 20.2. The van der Waals surface area contributed by atoms with Gasteiger partial charge in [-0.25, -0.2) is 4.98 Å². The van der Waals surface area contributed by atoms with Crippen molar-refractivity contribution in [1.82, 2.24) is 39.4 Å². The Morgan fingerprint density at radius 3 is 2.59 bits per heavy atom. The molecule has 2 fully saturated rings. The number of aromatic nitrogens is 5. The summed E-state index contributed by atoms with van der Waals surface area (Å²) < 4.78 is 22.5. The minimum Gasteiger partial charge on any atom is -0.493 e. The van der Waals surface area contributed by atoms with Crippen LogP contribution in [0.1, 0.15) is 66.9 Å². The topological polar surface area (TPSA) is 148 Å². The molecule has 0 radical (unpaired) electrons. The fraction of sp³-hybridized carbons (Fsp3) is 0.463. The molecule has 1 unspecified atom stereocenters. The van der Waals surface area contributed by atoms with E-state index in [1.807, 2.05) is 26.2 Å². The minimum absolute atomic E-state index is 0.0390. The van der Waals surface area contributed by atoms with E-state index in [1.165, 1.54) is 27.8 Å². The van der Waals surface area contributed by atoms with Crippen molar-refractivity contribution in [2.24, 2.45) is 5.92 Å². The highest BCUT2D eigenvalue weighted by Crippen LogP contribution is 2.41. The molecule has 296 valence electrons. The number of nitrogens with one attached hydrogen (secondary N) is 1. The lowest BCUT2D eigenvalue weighted by Crippen LogP contribution is -2.51. The molecule has 0 spiro atoms. The molecule has 2 N–H and O–H groups in total. The lowest BCUT2D eigenvalue weighted by molar-refractivity contribution is -0.141. The Balaban J connectivity index is 0.939. The van der Waals surface area contributed by atoms with Gasteiger partial charge in [0.2, 0.25) is 11.9 Å². The normalized spacial score (nSPS) is 16.1. The van der Waals surface area contributed by atoms with Gasteiger partial charge in [0, 0.05) is 67.1 Å². The summed E-state index contributed by atoms with van der Waals surface area (Å²) >= 11 is 6.50. The first-order valence-corrected chi connectivity index (χ1v) is 19.7. The summed E-state index contributed by atoms with van der Waals surface area (Å²) in [5.74, 6) is -0.493. The molecule has 1 aliphatic carbocycles. The van der Waals surface area contributed by atoms with Crippen LogP contribution in [0.4, 0.5) is 4.39 Å². The Morgan fingerprint density at radius 2 is 1.86 bits per heavy atom. The lowest BCUT2D eigenvalue weighted by Gasteiger charge is -2.39. The molecule has 2 aromatic carbocycles. The van der Waals surface area contributed by atoms with Gasteiger partial charge in [-0.15, -0.1) is 5.10 Å². The van der Waals surface area contributed by atoms with Crippen molar-refractivity contribution in [2.75, 3.05) is 46.9 Å². The average Bonchev–Trinajstić information content (AvgIpc) is 3.96. The van der Waals surface area contributed by atoms with Crippen LogP contribution in [0.2, 0.25) is 5.02 Å². The number of piperidine rings is 1. The molecule has 2 aliphatic rings. The highest BCUT2D eigenvalue weighted by atomic mass is 35.5. The van der Waals surface area contributed by atoms with Crippen LogP contribution >= 0.6 is 11.6 Å². The molecule has 15 heteroatoms. The number of nitrogens with zero attached hydrogens (tertiary/aromatic N) is 7. The maximum absolute atomic E-state index is 13.9. The number of likely N-dealkylation sites (tertiary alicyclic amines) is 1. The fourth-order valence-corrected chi connectivity index (χ4v) is 7.60. The Hall–Kier alpha value is -4.92. The summed E-state index contributed by atoms with van der Waals surface area (Å²) in [6.07, 6.45) is 7.44. The van der Waals surface area contributed by atoms with Gasteiger partial charge in [-0.2, -0.15) is 4.39 Å². The average molecular weight is 787 g/mol. The zero-order valence-corrected chi connectivity index (χ0v) is 32.6. The smallest absolute Gasteiger partial charge is 0.261 e. The highest BCUT2D eigenvalue weighted by molar-refractivity contribution is 6.35. The Labute approximate surface area is 329 Å². The number of hydrogen-bond acceptors (Lipinski definition) is 9. The predicted molar refractivity (Wildman–Crippen MR) is 211 cm³/mol. The molecule has 13 nitrogen and oxygen atoms in total. The summed E-state index contributed by atoms with van der Waals surface area (Å²) in [6, 6.07) is 13.7. The fourth-order valence-electron chi connectivity index (χ4n) is 7.33. The number of aliphatic hydroxyl groups is 1. The molecule has 0 bridgehead atoms. The summed E-state index contributed by atoms with van der Waals surface area (Å²) in [5.41, 5.74) is 1.15. The molecule has 1 atom stereocenters. The first-order valence-electron chi connectivity index (χ1n) is 19.3. The van der Waals surface area contributed by atoms with E-state index in [4.69, 9.17) is 21.3 Å². The summed E-state index contributed by atoms with van der Waals surface area (Å²) in [6.45, 7) is 2.55. The molecule has 4 heterocycles. The third-order valence-electron chi connectivity index (χ3n) is 10.7. The molecule has 56 heavy (non-hydrogen) atoms. The Kier molecular flexibility index (Phi) is 12.0. The second-order valence-electron chi connectivity index (χ2n) is 15.4. The predicted octanol–water partition coefficient (Wildman–Crippen LogP) is 5.02. The number of carbonyl (C=O) groups is 2. The van der Waals surface area contributed by atoms with Crippen molar-refractivity contribution in [3.8, 4) is 5.75 Å². The summed E-state index contributed by atoms with van der Waals surface area (Å²) in [4.78, 5) is 53.5. The van der Waals surface area contributed by atoms with Crippen LogP contribution in [0.5, 0.6) is 5.75 Å². The summed E-state index contributed by atoms with van der Waals surface area (Å²) in [7, 11) is 4.02. The first-order chi connectivity index (χ1) is 26.9. The molecule has 1 saturated carbocycles. The molecule has 5 aromatic rings. The van der Waals surface area contributed by atoms with Crippen molar-refractivity contribution in [3.05, 3.63) is 93.6 Å². The number of halogens is 2. The van der Waals surface area contributed by atoms with Gasteiger partial charge in [-0.1, -0.05) is 17.7 Å². The SMILES string of the molecule is CN(C)CCCOc1ccc2c(=O)n(CC3(O)CCN(C(=O)C(CCCNC(=O)c4ccc5c(Cl)cc(C6CC6)nc5c4)Cn4ccc(F)n4)CC3)cnc2c1. The molecule has 3 aromatic heterocycles. The van der Waals surface area contributed by atoms with Crippen LogP contribution in [0.25, 0.3) is 21.8 Å². The van der Waals surface area contributed by atoms with Crippen LogP contribution in [-0.4, -0.2) is 104 Å². The van der Waals surface area contributed by atoms with Crippen LogP contribution in [0, 0.1) is 11.9 Å². The maximum atomic E-state index is 13.9. The zero-order chi connectivity index (χ0) is 39.4. The van der Waals surface area contributed by atoms with E-state index in [9.17, 15) is 23.9 Å². The highest BCUT2D eigenvalue weighted by Gasteiger charge is 2.36. The molecule has 7 rings (SSSR count). The van der Waals surface area contributed by atoms with Gasteiger partial charge in [0.25, 0.3) is 11.5 Å². The third kappa shape index (κ3) is 9.54. The largest absolute Gasteiger partial charge is 0.493 e. The molecular weight excluding hydrogens is 739 g/mol. The van der Waals surface area contributed by atoms with Gasteiger partial charge in [-0.05, 0) is 89.4 Å². The van der Waals surface area contributed by atoms with Gasteiger partial charge >= 0.3 is 0 Å². The van der Waals surface area contributed by atoms with E-state index in [1.54, 1.807) is 35.2 Å². The van der Waals surface area contributed by atoms with Crippen LogP contribution in [0.15, 0.2) is 65.8 Å². The van der Waals surface area contributed by atoms with Gasteiger partial charge in [-0.3, -0.25) is 28.6 Å². The van der Waals surface area contributed by atoms with Crippen molar-refractivity contribution >= 4 is 45.2 Å². The number of fused-ring (bicyclic) bond motifs is 2. The number of rotatable bonds is 16. The number of hydrogen-bond donors (Lipinski definition) is 2. The van der Waals surface area contributed by atoms with Crippen molar-refractivity contribution in [2.45, 2.75) is 69.6 Å². The van der Waals surface area contributed by atoms with Gasteiger partial charge in [0.05, 0.1) is 59.0 Å². The lowest BCUT2D eigenvalue weighted by atomic mass is 9.90. The Bertz CT molecular complexity index is 2270. The molecule has 2 amide bonds. The van der Waals surface area contributed by atoms with Crippen LogP contribution in [0.3, 0.4) is 0 Å². The first kappa shape index (κ1) is 39.3. The van der Waals surface area contributed by atoms with Gasteiger partial charge < -0.3 is 25.0 Å². The second kappa shape index (κ2) is 17.1. The maximum Gasteiger partial charge on any atom is 0.261 e. The number of amides is 2. The number of carbonyl (C=O) groups excluding carboxylic acids is 2. The number of benzene rings is 2. The third-order valence-corrected chi connectivity index (χ3v) is 11.0. The number of ether oxygens (including phenoxy) is 1. The molecular formula is C41H48ClFN8O5. The van der Waals surface area contributed by atoms with E-state index < -0.39 is 17.5 Å². The zero-order valence-electron chi connectivity index (χ0n) is 31.8. The van der Waals surface area contributed by atoms with E-state index in [0.29, 0.717) is 64.7 Å². The van der Waals surface area contributed by atoms with E-state index in [0.717, 1.165) is 36.9 Å². The van der Waals surface area contributed by atoms with Crippen molar-refractivity contribution < 1.29 is 23.8 Å². The quantitative estimate of drug-likeness (QED) is 0.132. The van der Waals surface area contributed by atoms with Gasteiger partial charge in [0.15, 0.2) is 0 Å². The minimum atomic E-state index is -1.22. The molecule has 1 aliphatic heterocycles. The van der Waals surface area contributed by atoms with Crippen molar-refractivity contribution in [3.63, 3.8) is 0 Å². The molecule has 1 saturated heterocycles. The van der Waals surface area contributed by atoms with Crippen molar-refractivity contribution in [1.29, 1.82) is 0 Å². The van der Waals surface area contributed by atoms with E-state index in [-0.39, 0.29) is 56.4 Å². The monoisotopic (exact) mass is 786 g/mol. The Morgan fingerprint density at radius 1 is 1.07 bits per heavy atom. The number of pyridine rings is 1. The second-order valence-corrected chi connectivity index (χ2v) is 15.8. The van der Waals surface area contributed by atoms with Gasteiger partial charge in [0.1, 0.15) is 5.75 Å².